The van der Waals surface area contributed by atoms with Crippen LogP contribution in [0.2, 0.25) is 0 Å². The second-order valence-corrected chi connectivity index (χ2v) is 13.5. The number of unbranched alkanes of at least 4 members (excludes halogenated alkanes) is 2. The Kier molecular flexibility index (Phi) is 7.80. The number of aryl methyl sites for hydroxylation is 2. The first kappa shape index (κ1) is 27.7. The Balaban J connectivity index is 1.44. The standard InChI is InChI=1S/C31H39N3O4S/c1-20-12-13-21(2)23(18-20)33-28(37)26-31-15-14-30(3,39-31)24(27(36)32-19-22-10-6-4-7-11-22)25(31)29(38)34(26)16-8-5-9-17-35/h4,6-7,10-13,18,24-26,35H,5,8-9,14-17,19H2,1-3H3,(H,32,36)(H,33,37)/t24-,25+,26?,30+,31?/m1/s1. The molecule has 3 N–H and O–H groups in total. The molecule has 7 nitrogen and oxygen atoms in total. The molecule has 2 aromatic rings. The number of hydrogen-bond acceptors (Lipinski definition) is 5. The number of fused-ring (bicyclic) bond motifs is 1. The summed E-state index contributed by atoms with van der Waals surface area (Å²) < 4.78 is -1.04. The number of carbonyl (C=O) groups excluding carboxylic acids is 3. The van der Waals surface area contributed by atoms with E-state index < -0.39 is 27.4 Å². The van der Waals surface area contributed by atoms with Crippen molar-refractivity contribution in [2.75, 3.05) is 18.5 Å². The van der Waals surface area contributed by atoms with E-state index in [0.29, 0.717) is 25.9 Å². The molecule has 0 saturated carbocycles. The number of likely N-dealkylation sites (tertiary alicyclic amines) is 1. The third-order valence-corrected chi connectivity index (χ3v) is 10.8. The summed E-state index contributed by atoms with van der Waals surface area (Å²) in [6, 6.07) is 15.1. The number of benzene rings is 2. The highest BCUT2D eigenvalue weighted by molar-refractivity contribution is 8.02. The first-order chi connectivity index (χ1) is 18.7. The third kappa shape index (κ3) is 4.97. The van der Waals surface area contributed by atoms with E-state index in [-0.39, 0.29) is 24.3 Å². The van der Waals surface area contributed by atoms with Gasteiger partial charge in [-0.1, -0.05) is 42.5 Å². The number of aliphatic hydroxyl groups excluding tert-OH is 1. The van der Waals surface area contributed by atoms with Crippen molar-refractivity contribution in [3.8, 4) is 0 Å². The smallest absolute Gasteiger partial charge is 0.248 e. The number of nitrogens with zero attached hydrogens (tertiary/aromatic N) is 1. The van der Waals surface area contributed by atoms with Gasteiger partial charge in [0.25, 0.3) is 0 Å². The summed E-state index contributed by atoms with van der Waals surface area (Å²) in [5.74, 6) is -1.40. The normalized spacial score (nSPS) is 29.0. The minimum atomic E-state index is -0.650. The number of rotatable bonds is 10. The Hall–Kier alpha value is -2.84. The van der Waals surface area contributed by atoms with Crippen LogP contribution < -0.4 is 10.6 Å². The summed E-state index contributed by atoms with van der Waals surface area (Å²) in [6.07, 6.45) is 3.65. The lowest BCUT2D eigenvalue weighted by Crippen LogP contribution is -2.52. The van der Waals surface area contributed by atoms with Gasteiger partial charge in [0.15, 0.2) is 0 Å². The Morgan fingerprint density at radius 2 is 1.82 bits per heavy atom. The largest absolute Gasteiger partial charge is 0.396 e. The van der Waals surface area contributed by atoms with E-state index in [1.165, 1.54) is 0 Å². The van der Waals surface area contributed by atoms with Crippen molar-refractivity contribution in [3.05, 3.63) is 65.2 Å². The minimum Gasteiger partial charge on any atom is -0.396 e. The molecule has 208 valence electrons. The third-order valence-electron chi connectivity index (χ3n) is 8.83. The van der Waals surface area contributed by atoms with Crippen LogP contribution in [0, 0.1) is 25.7 Å². The van der Waals surface area contributed by atoms with Gasteiger partial charge in [0, 0.05) is 30.1 Å². The van der Waals surface area contributed by atoms with Gasteiger partial charge in [0.2, 0.25) is 17.7 Å². The second-order valence-electron chi connectivity index (χ2n) is 11.6. The lowest BCUT2D eigenvalue weighted by Gasteiger charge is -2.35. The number of amides is 3. The average Bonchev–Trinajstić information content (AvgIpc) is 3.48. The van der Waals surface area contributed by atoms with Crippen LogP contribution in [0.3, 0.4) is 0 Å². The Morgan fingerprint density at radius 3 is 2.56 bits per heavy atom. The van der Waals surface area contributed by atoms with Gasteiger partial charge in [0.1, 0.15) is 6.04 Å². The number of hydrogen-bond donors (Lipinski definition) is 3. The lowest BCUT2D eigenvalue weighted by molar-refractivity contribution is -0.140. The monoisotopic (exact) mass is 549 g/mol. The molecular weight excluding hydrogens is 510 g/mol. The Labute approximate surface area is 235 Å². The van der Waals surface area contributed by atoms with Crippen molar-refractivity contribution >= 4 is 35.2 Å². The Morgan fingerprint density at radius 1 is 1.05 bits per heavy atom. The number of nitrogens with one attached hydrogen (secondary N) is 2. The zero-order valence-corrected chi connectivity index (χ0v) is 23.9. The fraction of sp³-hybridized carbons (Fsp3) is 0.516. The molecule has 0 radical (unpaired) electrons. The maximum Gasteiger partial charge on any atom is 0.248 e. The van der Waals surface area contributed by atoms with Crippen molar-refractivity contribution in [2.24, 2.45) is 11.8 Å². The number of aliphatic hydroxyl groups is 1. The van der Waals surface area contributed by atoms with E-state index in [2.05, 4.69) is 17.6 Å². The number of anilines is 1. The van der Waals surface area contributed by atoms with Gasteiger partial charge in [-0.05, 0) is 75.6 Å². The van der Waals surface area contributed by atoms with Crippen LogP contribution in [0.4, 0.5) is 5.69 Å². The van der Waals surface area contributed by atoms with Crippen LogP contribution in [-0.4, -0.2) is 56.4 Å². The highest BCUT2D eigenvalue weighted by Gasteiger charge is 2.77. The van der Waals surface area contributed by atoms with E-state index in [9.17, 15) is 19.5 Å². The van der Waals surface area contributed by atoms with Crippen molar-refractivity contribution in [2.45, 2.75) is 75.0 Å². The lowest BCUT2D eigenvalue weighted by atomic mass is 9.66. The molecule has 3 aliphatic heterocycles. The highest BCUT2D eigenvalue weighted by Crippen LogP contribution is 2.71. The quantitative estimate of drug-likeness (QED) is 0.386. The summed E-state index contributed by atoms with van der Waals surface area (Å²) in [5, 5.41) is 15.5. The molecule has 5 rings (SSSR count). The van der Waals surface area contributed by atoms with E-state index in [0.717, 1.165) is 41.6 Å². The maximum atomic E-state index is 14.2. The summed E-state index contributed by atoms with van der Waals surface area (Å²) in [4.78, 5) is 43.7. The van der Waals surface area contributed by atoms with Crippen LogP contribution in [0.15, 0.2) is 48.5 Å². The molecule has 3 amide bonds. The molecule has 1 spiro atoms. The maximum absolute atomic E-state index is 14.2. The molecule has 3 heterocycles. The highest BCUT2D eigenvalue weighted by atomic mass is 32.2. The summed E-state index contributed by atoms with van der Waals surface area (Å²) >= 11 is 1.69. The molecule has 2 bridgehead atoms. The molecule has 3 saturated heterocycles. The molecule has 2 unspecified atom stereocenters. The number of thioether (sulfide) groups is 1. The molecule has 39 heavy (non-hydrogen) atoms. The summed E-state index contributed by atoms with van der Waals surface area (Å²) in [6.45, 7) is 7.01. The van der Waals surface area contributed by atoms with Crippen molar-refractivity contribution in [3.63, 3.8) is 0 Å². The van der Waals surface area contributed by atoms with Crippen molar-refractivity contribution < 1.29 is 19.5 Å². The first-order valence-electron chi connectivity index (χ1n) is 14.0. The van der Waals surface area contributed by atoms with Crippen LogP contribution in [0.5, 0.6) is 0 Å². The zero-order chi connectivity index (χ0) is 27.8. The molecule has 5 atom stereocenters. The molecule has 2 aromatic carbocycles. The molecule has 8 heteroatoms. The van der Waals surface area contributed by atoms with Gasteiger partial charge in [-0.2, -0.15) is 0 Å². The van der Waals surface area contributed by atoms with Crippen molar-refractivity contribution in [1.82, 2.24) is 10.2 Å². The van der Waals surface area contributed by atoms with Gasteiger partial charge < -0.3 is 20.6 Å². The molecule has 3 fully saturated rings. The minimum absolute atomic E-state index is 0.0871. The topological polar surface area (TPSA) is 98.7 Å². The second kappa shape index (κ2) is 11.0. The van der Waals surface area contributed by atoms with E-state index in [4.69, 9.17) is 0 Å². The zero-order valence-electron chi connectivity index (χ0n) is 23.0. The van der Waals surface area contributed by atoms with Gasteiger partial charge in [-0.3, -0.25) is 14.4 Å². The molecule has 0 aromatic heterocycles. The fourth-order valence-electron chi connectivity index (χ4n) is 6.90. The van der Waals surface area contributed by atoms with Crippen LogP contribution in [0.1, 0.15) is 55.7 Å². The van der Waals surface area contributed by atoms with E-state index >= 15 is 0 Å². The SMILES string of the molecule is Cc1ccc(C)c(NC(=O)C2N(CCCCCO)C(=O)[C@@H]3[C@H](C(=O)NCc4ccccc4)[C@]4(C)CCC23S4)c1. The molecule has 3 aliphatic rings. The average molecular weight is 550 g/mol. The molecular formula is C31H39N3O4S. The van der Waals surface area contributed by atoms with Crippen LogP contribution >= 0.6 is 11.8 Å². The molecule has 0 aliphatic carbocycles. The van der Waals surface area contributed by atoms with Gasteiger partial charge >= 0.3 is 0 Å². The predicted molar refractivity (Wildman–Crippen MR) is 154 cm³/mol. The van der Waals surface area contributed by atoms with Gasteiger partial charge in [-0.15, -0.1) is 11.8 Å². The van der Waals surface area contributed by atoms with Gasteiger partial charge in [0.05, 0.1) is 16.6 Å². The Bertz CT molecular complexity index is 1250. The fourth-order valence-corrected chi connectivity index (χ4v) is 9.26. The first-order valence-corrected chi connectivity index (χ1v) is 14.8. The van der Waals surface area contributed by atoms with E-state index in [1.54, 1.807) is 16.7 Å². The summed E-state index contributed by atoms with van der Waals surface area (Å²) in [5.41, 5.74) is 3.79. The van der Waals surface area contributed by atoms with E-state index in [1.807, 2.05) is 62.4 Å². The van der Waals surface area contributed by atoms with Crippen molar-refractivity contribution in [1.29, 1.82) is 0 Å². The number of carbonyl (C=O) groups is 3. The summed E-state index contributed by atoms with van der Waals surface area (Å²) in [7, 11) is 0. The van der Waals surface area contributed by atoms with Gasteiger partial charge in [-0.25, -0.2) is 0 Å². The predicted octanol–water partition coefficient (Wildman–Crippen LogP) is 4.20. The van der Waals surface area contributed by atoms with Crippen LogP contribution in [-0.2, 0) is 20.9 Å². The van der Waals surface area contributed by atoms with Crippen LogP contribution in [0.25, 0.3) is 0 Å².